The predicted molar refractivity (Wildman–Crippen MR) is 59.3 cm³/mol. The van der Waals surface area contributed by atoms with Gasteiger partial charge >= 0.3 is 6.09 Å². The highest BCUT2D eigenvalue weighted by molar-refractivity contribution is 5.70. The summed E-state index contributed by atoms with van der Waals surface area (Å²) in [6, 6.07) is 9.18. The third kappa shape index (κ3) is 4.36. The summed E-state index contributed by atoms with van der Waals surface area (Å²) in [4.78, 5) is 26.7. The van der Waals surface area contributed by atoms with Crippen molar-refractivity contribution >= 4 is 12.4 Å². The van der Waals surface area contributed by atoms with Crippen LogP contribution in [0.1, 0.15) is 5.56 Å². The molecule has 0 aliphatic rings. The molecular weight excluding hydrogens is 222 g/mol. The van der Waals surface area contributed by atoms with Crippen LogP contribution in [0, 0.1) is 12.5 Å². The van der Waals surface area contributed by atoms with Gasteiger partial charge in [0.1, 0.15) is 25.5 Å². The summed E-state index contributed by atoms with van der Waals surface area (Å²) in [7, 11) is 0. The second-order valence-electron chi connectivity index (χ2n) is 2.97. The van der Waals surface area contributed by atoms with Crippen LogP contribution in [0.15, 0.2) is 30.3 Å². The minimum atomic E-state index is -0.893. The quantitative estimate of drug-likeness (QED) is 0.437. The molecule has 0 aliphatic heterocycles. The van der Waals surface area contributed by atoms with Gasteiger partial charge in [-0.25, -0.2) is 4.79 Å². The summed E-state index contributed by atoms with van der Waals surface area (Å²) < 4.78 is 4.28. The molecule has 0 fully saturated rings. The van der Waals surface area contributed by atoms with Gasteiger partial charge in [0.25, 0.3) is 0 Å². The Balaban J connectivity index is 2.53. The molecule has 0 aromatic heterocycles. The van der Waals surface area contributed by atoms with Gasteiger partial charge in [-0.15, -0.1) is 0 Å². The molecule has 0 bridgehead atoms. The summed E-state index contributed by atoms with van der Waals surface area (Å²) >= 11 is 0. The van der Waals surface area contributed by atoms with Crippen LogP contribution < -0.4 is 0 Å². The molecule has 0 spiro atoms. The van der Waals surface area contributed by atoms with Crippen LogP contribution in [-0.2, 0) is 21.0 Å². The van der Waals surface area contributed by atoms with Gasteiger partial charge < -0.3 is 9.53 Å². The lowest BCUT2D eigenvalue weighted by Gasteiger charge is -2.16. The van der Waals surface area contributed by atoms with Crippen molar-refractivity contribution in [1.29, 1.82) is 0 Å². The molecule has 0 saturated carbocycles. The maximum atomic E-state index is 11.2. The Morgan fingerprint density at radius 3 is 2.71 bits per heavy atom. The second-order valence-corrected chi connectivity index (χ2v) is 2.97. The fourth-order valence-electron chi connectivity index (χ4n) is 1.08. The summed E-state index contributed by atoms with van der Waals surface area (Å²) in [6.07, 6.45) is 6.15. The SMILES string of the molecule is C#COC(=O)N(CC=O)OCc1ccccc1. The van der Waals surface area contributed by atoms with E-state index < -0.39 is 6.09 Å². The van der Waals surface area contributed by atoms with E-state index in [4.69, 9.17) is 11.3 Å². The van der Waals surface area contributed by atoms with Crippen molar-refractivity contribution in [2.45, 2.75) is 6.61 Å². The van der Waals surface area contributed by atoms with E-state index in [1.807, 2.05) is 30.3 Å². The van der Waals surface area contributed by atoms with Crippen LogP contribution in [-0.4, -0.2) is 24.0 Å². The number of aldehydes is 1. The van der Waals surface area contributed by atoms with Gasteiger partial charge in [0.15, 0.2) is 0 Å². The zero-order valence-corrected chi connectivity index (χ0v) is 9.04. The van der Waals surface area contributed by atoms with Crippen molar-refractivity contribution in [3.05, 3.63) is 35.9 Å². The third-order valence-electron chi connectivity index (χ3n) is 1.82. The monoisotopic (exact) mass is 233 g/mol. The number of benzene rings is 1. The normalized spacial score (nSPS) is 9.12. The molecule has 1 rings (SSSR count). The molecule has 0 atom stereocenters. The standard InChI is InChI=1S/C12H11NO4/c1-2-16-12(15)13(8-9-14)17-10-11-6-4-3-5-7-11/h1,3-7,9H,8,10H2. The Labute approximate surface area is 98.9 Å². The Morgan fingerprint density at radius 2 is 2.12 bits per heavy atom. The van der Waals surface area contributed by atoms with Crippen molar-refractivity contribution in [1.82, 2.24) is 5.06 Å². The van der Waals surface area contributed by atoms with Crippen LogP contribution in [0.4, 0.5) is 4.79 Å². The van der Waals surface area contributed by atoms with Crippen molar-refractivity contribution in [3.8, 4) is 12.5 Å². The molecule has 0 saturated heterocycles. The highest BCUT2D eigenvalue weighted by Crippen LogP contribution is 2.03. The van der Waals surface area contributed by atoms with E-state index in [2.05, 4.69) is 4.74 Å². The lowest BCUT2D eigenvalue weighted by molar-refractivity contribution is -0.147. The smallest absolute Gasteiger partial charge is 0.354 e. The molecule has 1 amide bonds. The van der Waals surface area contributed by atoms with Gasteiger partial charge in [-0.2, -0.15) is 5.06 Å². The summed E-state index contributed by atoms with van der Waals surface area (Å²) in [5.74, 6) is 0. The number of rotatable bonds is 5. The fraction of sp³-hybridized carbons (Fsp3) is 0.167. The van der Waals surface area contributed by atoms with Gasteiger partial charge in [-0.1, -0.05) is 36.8 Å². The number of hydrogen-bond donors (Lipinski definition) is 0. The molecule has 0 N–H and O–H groups in total. The molecule has 0 unspecified atom stereocenters. The summed E-state index contributed by atoms with van der Waals surface area (Å²) in [5.41, 5.74) is 0.858. The molecule has 5 nitrogen and oxygen atoms in total. The zero-order chi connectivity index (χ0) is 12.5. The number of nitrogens with zero attached hydrogens (tertiary/aromatic N) is 1. The van der Waals surface area contributed by atoms with Gasteiger partial charge in [-0.3, -0.25) is 4.84 Å². The first-order chi connectivity index (χ1) is 8.27. The van der Waals surface area contributed by atoms with E-state index in [1.54, 1.807) is 6.11 Å². The summed E-state index contributed by atoms with van der Waals surface area (Å²) in [6.45, 7) is -0.0955. The molecular formula is C12H11NO4. The highest BCUT2D eigenvalue weighted by atomic mass is 16.7. The topological polar surface area (TPSA) is 55.8 Å². The van der Waals surface area contributed by atoms with Crippen LogP contribution in [0.25, 0.3) is 0 Å². The number of ether oxygens (including phenoxy) is 1. The van der Waals surface area contributed by atoms with Crippen molar-refractivity contribution < 1.29 is 19.2 Å². The first-order valence-corrected chi connectivity index (χ1v) is 4.82. The van der Waals surface area contributed by atoms with Crippen LogP contribution in [0.3, 0.4) is 0 Å². The molecule has 0 radical (unpaired) electrons. The molecule has 0 heterocycles. The minimum absolute atomic E-state index is 0.147. The minimum Gasteiger partial charge on any atom is -0.354 e. The zero-order valence-electron chi connectivity index (χ0n) is 9.04. The van der Waals surface area contributed by atoms with E-state index in [1.165, 1.54) is 0 Å². The van der Waals surface area contributed by atoms with E-state index in [9.17, 15) is 9.59 Å². The molecule has 1 aromatic rings. The first kappa shape index (κ1) is 12.7. The van der Waals surface area contributed by atoms with Gasteiger partial charge in [0, 0.05) is 0 Å². The van der Waals surface area contributed by atoms with E-state index in [0.717, 1.165) is 10.6 Å². The van der Waals surface area contributed by atoms with E-state index in [0.29, 0.717) is 6.29 Å². The third-order valence-corrected chi connectivity index (χ3v) is 1.82. The Bertz CT molecular complexity index is 410. The predicted octanol–water partition coefficient (Wildman–Crippen LogP) is 1.35. The van der Waals surface area contributed by atoms with Crippen LogP contribution in [0.5, 0.6) is 0 Å². The van der Waals surface area contributed by atoms with Crippen molar-refractivity contribution in [2.75, 3.05) is 6.54 Å². The second kappa shape index (κ2) is 7.04. The van der Waals surface area contributed by atoms with E-state index in [-0.39, 0.29) is 13.2 Å². The number of terminal acetylenes is 1. The Morgan fingerprint density at radius 1 is 1.41 bits per heavy atom. The molecule has 88 valence electrons. The maximum absolute atomic E-state index is 11.2. The molecule has 1 aromatic carbocycles. The maximum Gasteiger partial charge on any atom is 0.448 e. The number of carbonyl (C=O) groups excluding carboxylic acids is 2. The van der Waals surface area contributed by atoms with Crippen molar-refractivity contribution in [2.24, 2.45) is 0 Å². The van der Waals surface area contributed by atoms with Crippen LogP contribution >= 0.6 is 0 Å². The number of hydroxylamine groups is 2. The number of amides is 1. The van der Waals surface area contributed by atoms with Crippen LogP contribution in [0.2, 0.25) is 0 Å². The fourth-order valence-corrected chi connectivity index (χ4v) is 1.08. The highest BCUT2D eigenvalue weighted by Gasteiger charge is 2.15. The Hall–Kier alpha value is -2.32. The van der Waals surface area contributed by atoms with E-state index >= 15 is 0 Å². The average molecular weight is 233 g/mol. The van der Waals surface area contributed by atoms with Crippen molar-refractivity contribution in [3.63, 3.8) is 0 Å². The molecule has 0 aliphatic carbocycles. The lowest BCUT2D eigenvalue weighted by atomic mass is 10.2. The van der Waals surface area contributed by atoms with Gasteiger partial charge in [0.05, 0.1) is 0 Å². The van der Waals surface area contributed by atoms with Gasteiger partial charge in [-0.05, 0) is 5.56 Å². The largest absolute Gasteiger partial charge is 0.448 e. The first-order valence-electron chi connectivity index (χ1n) is 4.82. The molecule has 17 heavy (non-hydrogen) atoms. The average Bonchev–Trinajstić information content (AvgIpc) is 2.36. The number of carbonyl (C=O) groups is 2. The number of hydrogen-bond acceptors (Lipinski definition) is 4. The lowest BCUT2D eigenvalue weighted by Crippen LogP contribution is -2.32. The Kier molecular flexibility index (Phi) is 5.28. The summed E-state index contributed by atoms with van der Waals surface area (Å²) in [5, 5.41) is 0.764. The molecule has 5 heteroatoms. The van der Waals surface area contributed by atoms with Gasteiger partial charge in [0.2, 0.25) is 0 Å².